The van der Waals surface area contributed by atoms with Gasteiger partial charge in [0.1, 0.15) is 17.9 Å². The summed E-state index contributed by atoms with van der Waals surface area (Å²) in [6.07, 6.45) is 3.21. The lowest BCUT2D eigenvalue weighted by atomic mass is 10.1. The van der Waals surface area contributed by atoms with Gasteiger partial charge < -0.3 is 15.0 Å². The molecule has 2 aliphatic heterocycles. The van der Waals surface area contributed by atoms with Crippen molar-refractivity contribution in [2.45, 2.75) is 38.0 Å². The molecule has 0 radical (unpaired) electrons. The molecule has 0 aliphatic carbocycles. The summed E-state index contributed by atoms with van der Waals surface area (Å²) in [7, 11) is 0. The Morgan fingerprint density at radius 2 is 1.96 bits per heavy atom. The Labute approximate surface area is 150 Å². The van der Waals surface area contributed by atoms with Gasteiger partial charge in [-0.05, 0) is 12.8 Å². The molecule has 0 spiro atoms. The summed E-state index contributed by atoms with van der Waals surface area (Å²) in [4.78, 5) is 10.9. The van der Waals surface area contributed by atoms with Crippen molar-refractivity contribution in [3.63, 3.8) is 0 Å². The second-order valence-electron chi connectivity index (χ2n) is 6.26. The van der Waals surface area contributed by atoms with Crippen LogP contribution < -0.4 is 10.2 Å². The predicted octanol–water partition coefficient (Wildman–Crippen LogP) is 1.47. The molecule has 2 aliphatic rings. The summed E-state index contributed by atoms with van der Waals surface area (Å²) in [6, 6.07) is 0. The van der Waals surface area contributed by atoms with E-state index in [4.69, 9.17) is 4.74 Å². The van der Waals surface area contributed by atoms with Crippen LogP contribution in [0.2, 0.25) is 0 Å². The summed E-state index contributed by atoms with van der Waals surface area (Å²) in [5.74, 6) is 0.710. The van der Waals surface area contributed by atoms with E-state index in [-0.39, 0.29) is 18.5 Å². The van der Waals surface area contributed by atoms with Gasteiger partial charge in [-0.25, -0.2) is 23.4 Å². The highest BCUT2D eigenvalue weighted by atomic mass is 35.5. The summed E-state index contributed by atoms with van der Waals surface area (Å²) < 4.78 is 32.5. The van der Waals surface area contributed by atoms with E-state index in [9.17, 15) is 8.78 Å². The number of hydrogen-bond donors (Lipinski definition) is 1. The van der Waals surface area contributed by atoms with Gasteiger partial charge in [-0.3, -0.25) is 0 Å². The van der Waals surface area contributed by atoms with Crippen LogP contribution in [0.25, 0.3) is 11.2 Å². The normalized spacial score (nSPS) is 19.2. The zero-order valence-electron chi connectivity index (χ0n) is 13.6. The van der Waals surface area contributed by atoms with Gasteiger partial charge in [-0.1, -0.05) is 0 Å². The minimum absolute atomic E-state index is 0. The van der Waals surface area contributed by atoms with Crippen LogP contribution >= 0.6 is 12.4 Å². The van der Waals surface area contributed by atoms with Crippen LogP contribution in [0, 0.1) is 0 Å². The van der Waals surface area contributed by atoms with Crippen molar-refractivity contribution in [1.82, 2.24) is 25.1 Å². The number of halogens is 3. The van der Waals surface area contributed by atoms with Crippen LogP contribution in [-0.2, 0) is 11.3 Å². The van der Waals surface area contributed by atoms with Crippen molar-refractivity contribution < 1.29 is 13.5 Å². The number of aromatic nitrogens is 4. The fourth-order valence-corrected chi connectivity index (χ4v) is 3.11. The highest BCUT2D eigenvalue weighted by Crippen LogP contribution is 2.22. The number of hydrogen-bond acceptors (Lipinski definition) is 6. The van der Waals surface area contributed by atoms with Gasteiger partial charge in [0, 0.05) is 26.2 Å². The van der Waals surface area contributed by atoms with E-state index in [2.05, 4.69) is 25.3 Å². The van der Waals surface area contributed by atoms with Crippen LogP contribution in [0.5, 0.6) is 0 Å². The first-order valence-electron chi connectivity index (χ1n) is 8.27. The van der Waals surface area contributed by atoms with Crippen molar-refractivity contribution in [2.75, 3.05) is 31.1 Å². The molecule has 138 valence electrons. The van der Waals surface area contributed by atoms with Gasteiger partial charge in [-0.15, -0.1) is 12.4 Å². The first-order valence-corrected chi connectivity index (χ1v) is 8.27. The monoisotopic (exact) mass is 374 g/mol. The third-order valence-electron chi connectivity index (χ3n) is 4.54. The molecule has 0 saturated carbocycles. The van der Waals surface area contributed by atoms with Gasteiger partial charge in [0.25, 0.3) is 6.43 Å². The summed E-state index contributed by atoms with van der Waals surface area (Å²) in [6.45, 7) is 3.07. The average Bonchev–Trinajstić information content (AvgIpc) is 2.93. The Morgan fingerprint density at radius 1 is 1.20 bits per heavy atom. The minimum atomic E-state index is -2.47. The Morgan fingerprint density at radius 3 is 2.60 bits per heavy atom. The molecule has 0 unspecified atom stereocenters. The Balaban J connectivity index is 0.00000182. The van der Waals surface area contributed by atoms with Crippen LogP contribution in [0.15, 0.2) is 12.4 Å². The number of nitrogens with one attached hydrogen (secondary N) is 1. The van der Waals surface area contributed by atoms with Crippen LogP contribution in [0.4, 0.5) is 14.6 Å². The molecule has 7 nitrogen and oxygen atoms in total. The smallest absolute Gasteiger partial charge is 0.258 e. The second kappa shape index (κ2) is 7.76. The SMILES string of the molecule is Cl.FC(F)Cn1ncc2ncc(N3CCC(OC4CNC4)CC3)nc21. The molecule has 4 heterocycles. The molecule has 4 rings (SSSR count). The van der Waals surface area contributed by atoms with E-state index in [1.807, 2.05) is 0 Å². The lowest BCUT2D eigenvalue weighted by molar-refractivity contribution is -0.0467. The van der Waals surface area contributed by atoms with E-state index in [1.54, 1.807) is 6.20 Å². The number of ether oxygens (including phenoxy) is 1. The molecule has 10 heteroatoms. The molecule has 0 aromatic carbocycles. The number of alkyl halides is 2. The van der Waals surface area contributed by atoms with Crippen molar-refractivity contribution in [1.29, 1.82) is 0 Å². The molecular formula is C15H21ClF2N6O. The van der Waals surface area contributed by atoms with Crippen molar-refractivity contribution in [3.05, 3.63) is 12.4 Å². The first-order chi connectivity index (χ1) is 11.7. The largest absolute Gasteiger partial charge is 0.372 e. The standard InChI is InChI=1S/C15H20F2N6O.ClH/c16-13(17)9-23-15-12(7-20-23)19-8-14(21-15)22-3-1-10(2-4-22)24-11-5-18-6-11;/h7-8,10-11,13,18H,1-6,9H2;1H. The number of fused-ring (bicyclic) bond motifs is 1. The Hall–Kier alpha value is -1.58. The second-order valence-corrected chi connectivity index (χ2v) is 6.26. The number of rotatable bonds is 5. The summed E-state index contributed by atoms with van der Waals surface area (Å²) >= 11 is 0. The fourth-order valence-electron chi connectivity index (χ4n) is 3.11. The molecule has 2 aromatic heterocycles. The van der Waals surface area contributed by atoms with E-state index >= 15 is 0 Å². The predicted molar refractivity (Wildman–Crippen MR) is 91.6 cm³/mol. The molecule has 1 N–H and O–H groups in total. The highest BCUT2D eigenvalue weighted by molar-refractivity contribution is 5.85. The van der Waals surface area contributed by atoms with Crippen LogP contribution in [0.1, 0.15) is 12.8 Å². The maximum Gasteiger partial charge on any atom is 0.258 e. The molecule has 2 aromatic rings. The lowest BCUT2D eigenvalue weighted by Gasteiger charge is -2.37. The maximum absolute atomic E-state index is 12.6. The number of piperidine rings is 1. The van der Waals surface area contributed by atoms with Crippen molar-refractivity contribution >= 4 is 29.4 Å². The Bertz CT molecular complexity index is 702. The van der Waals surface area contributed by atoms with Gasteiger partial charge >= 0.3 is 0 Å². The summed E-state index contributed by atoms with van der Waals surface area (Å²) in [5, 5.41) is 7.15. The highest BCUT2D eigenvalue weighted by Gasteiger charge is 2.26. The van der Waals surface area contributed by atoms with Gasteiger partial charge in [0.15, 0.2) is 5.65 Å². The number of nitrogens with zero attached hydrogens (tertiary/aromatic N) is 5. The van der Waals surface area contributed by atoms with Crippen LogP contribution in [0.3, 0.4) is 0 Å². The third kappa shape index (κ3) is 3.99. The first kappa shape index (κ1) is 18.2. The van der Waals surface area contributed by atoms with Crippen LogP contribution in [-0.4, -0.2) is 64.6 Å². The van der Waals surface area contributed by atoms with Gasteiger partial charge in [0.2, 0.25) is 0 Å². The van der Waals surface area contributed by atoms with E-state index in [0.29, 0.717) is 23.1 Å². The van der Waals surface area contributed by atoms with Crippen molar-refractivity contribution in [2.24, 2.45) is 0 Å². The minimum Gasteiger partial charge on any atom is -0.372 e. The molecule has 0 amide bonds. The molecule has 0 atom stereocenters. The zero-order chi connectivity index (χ0) is 16.5. The number of anilines is 1. The molecular weight excluding hydrogens is 354 g/mol. The quantitative estimate of drug-likeness (QED) is 0.854. The Kier molecular flexibility index (Phi) is 5.65. The van der Waals surface area contributed by atoms with E-state index < -0.39 is 13.0 Å². The van der Waals surface area contributed by atoms with Gasteiger partial charge in [0.05, 0.1) is 24.6 Å². The van der Waals surface area contributed by atoms with Crippen molar-refractivity contribution in [3.8, 4) is 0 Å². The fraction of sp³-hybridized carbons (Fsp3) is 0.667. The van der Waals surface area contributed by atoms with Gasteiger partial charge in [-0.2, -0.15) is 5.10 Å². The third-order valence-corrected chi connectivity index (χ3v) is 4.54. The molecule has 0 bridgehead atoms. The average molecular weight is 375 g/mol. The molecule has 25 heavy (non-hydrogen) atoms. The molecule has 2 fully saturated rings. The summed E-state index contributed by atoms with van der Waals surface area (Å²) in [5.41, 5.74) is 0.946. The molecule has 2 saturated heterocycles. The maximum atomic E-state index is 12.6. The lowest BCUT2D eigenvalue weighted by Crippen LogP contribution is -2.51. The topological polar surface area (TPSA) is 68.1 Å². The zero-order valence-corrected chi connectivity index (χ0v) is 14.5. The van der Waals surface area contributed by atoms with E-state index in [0.717, 1.165) is 39.0 Å². The van der Waals surface area contributed by atoms with E-state index in [1.165, 1.54) is 10.9 Å².